The summed E-state index contributed by atoms with van der Waals surface area (Å²) in [5.74, 6) is -0.443. The maximum Gasteiger partial charge on any atom is 0.250 e. The van der Waals surface area contributed by atoms with E-state index in [0.29, 0.717) is 16.7 Å². The van der Waals surface area contributed by atoms with E-state index in [2.05, 4.69) is 12.2 Å². The number of anilines is 2. The molecule has 18 heavy (non-hydrogen) atoms. The Bertz CT molecular complexity index is 450. The number of rotatable bonds is 4. The number of carbonyl (C=O) groups is 1. The highest BCUT2D eigenvalue weighted by molar-refractivity contribution is 5.99. The third-order valence-corrected chi connectivity index (χ3v) is 3.83. The zero-order valence-electron chi connectivity index (χ0n) is 10.8. The summed E-state index contributed by atoms with van der Waals surface area (Å²) in [6.07, 6.45) is 5.06. The molecule has 4 heteroatoms. The first-order valence-electron chi connectivity index (χ1n) is 6.43. The van der Waals surface area contributed by atoms with Gasteiger partial charge in [-0.2, -0.15) is 0 Å². The largest absolute Gasteiger partial charge is 0.399 e. The lowest BCUT2D eigenvalue weighted by atomic mass is 9.89. The Morgan fingerprint density at radius 2 is 2.06 bits per heavy atom. The van der Waals surface area contributed by atoms with E-state index in [4.69, 9.17) is 11.5 Å². The van der Waals surface area contributed by atoms with Gasteiger partial charge in [-0.15, -0.1) is 0 Å². The van der Waals surface area contributed by atoms with Crippen LogP contribution in [0.4, 0.5) is 11.4 Å². The molecule has 4 nitrogen and oxygen atoms in total. The van der Waals surface area contributed by atoms with Crippen molar-refractivity contribution >= 4 is 17.3 Å². The Hall–Kier alpha value is -1.71. The Balaban J connectivity index is 2.11. The molecule has 0 aromatic heterocycles. The van der Waals surface area contributed by atoms with Gasteiger partial charge >= 0.3 is 0 Å². The number of primary amides is 1. The van der Waals surface area contributed by atoms with Crippen LogP contribution in [0.5, 0.6) is 0 Å². The van der Waals surface area contributed by atoms with Crippen LogP contribution in [0.2, 0.25) is 0 Å². The number of hydrogen-bond acceptors (Lipinski definition) is 3. The average Bonchev–Trinajstić information content (AvgIpc) is 2.75. The minimum atomic E-state index is -0.443. The van der Waals surface area contributed by atoms with Crippen LogP contribution in [0, 0.1) is 5.41 Å². The lowest BCUT2D eigenvalue weighted by Crippen LogP contribution is -2.24. The van der Waals surface area contributed by atoms with Crippen LogP contribution >= 0.6 is 0 Å². The van der Waals surface area contributed by atoms with Gasteiger partial charge in [0.05, 0.1) is 5.56 Å². The summed E-state index contributed by atoms with van der Waals surface area (Å²) >= 11 is 0. The zero-order valence-corrected chi connectivity index (χ0v) is 10.8. The number of hydrogen-bond donors (Lipinski definition) is 3. The first-order valence-corrected chi connectivity index (χ1v) is 6.43. The second-order valence-corrected chi connectivity index (χ2v) is 5.54. The van der Waals surface area contributed by atoms with E-state index in [0.717, 1.165) is 12.2 Å². The summed E-state index contributed by atoms with van der Waals surface area (Å²) in [4.78, 5) is 11.4. The number of nitrogen functional groups attached to an aromatic ring is 1. The van der Waals surface area contributed by atoms with Gasteiger partial charge in [0.1, 0.15) is 0 Å². The first kappa shape index (κ1) is 12.7. The van der Waals surface area contributed by atoms with Crippen LogP contribution in [0.25, 0.3) is 0 Å². The molecule has 1 amide bonds. The van der Waals surface area contributed by atoms with Crippen molar-refractivity contribution in [3.05, 3.63) is 23.8 Å². The highest BCUT2D eigenvalue weighted by Crippen LogP contribution is 2.37. The number of amides is 1. The lowest BCUT2D eigenvalue weighted by Gasteiger charge is -2.25. The summed E-state index contributed by atoms with van der Waals surface area (Å²) in [5.41, 5.74) is 13.2. The molecule has 0 radical (unpaired) electrons. The van der Waals surface area contributed by atoms with Crippen LogP contribution < -0.4 is 16.8 Å². The van der Waals surface area contributed by atoms with E-state index >= 15 is 0 Å². The first-order chi connectivity index (χ1) is 8.50. The van der Waals surface area contributed by atoms with E-state index < -0.39 is 5.91 Å². The predicted molar refractivity (Wildman–Crippen MR) is 74.4 cm³/mol. The molecule has 1 aliphatic carbocycles. The molecule has 0 aliphatic heterocycles. The van der Waals surface area contributed by atoms with E-state index in [9.17, 15) is 4.79 Å². The van der Waals surface area contributed by atoms with Gasteiger partial charge in [-0.3, -0.25) is 4.79 Å². The van der Waals surface area contributed by atoms with E-state index in [-0.39, 0.29) is 0 Å². The molecule has 1 aliphatic rings. The molecule has 1 fully saturated rings. The van der Waals surface area contributed by atoms with Gasteiger partial charge in [0.25, 0.3) is 5.91 Å². The standard InChI is InChI=1S/C14H21N3O/c1-14(6-2-3-7-14)9-17-12-5-4-10(15)8-11(12)13(16)18/h4-5,8,17H,2-3,6-7,9,15H2,1H3,(H2,16,18). The second-order valence-electron chi connectivity index (χ2n) is 5.54. The lowest BCUT2D eigenvalue weighted by molar-refractivity contribution is 0.100. The van der Waals surface area contributed by atoms with E-state index in [1.165, 1.54) is 25.7 Å². The number of nitrogens with two attached hydrogens (primary N) is 2. The van der Waals surface area contributed by atoms with Crippen molar-refractivity contribution in [2.45, 2.75) is 32.6 Å². The molecular formula is C14H21N3O. The molecular weight excluding hydrogens is 226 g/mol. The maximum atomic E-state index is 11.4. The quantitative estimate of drug-likeness (QED) is 0.714. The van der Waals surface area contributed by atoms with Crippen molar-refractivity contribution in [1.82, 2.24) is 0 Å². The SMILES string of the molecule is CC1(CNc2ccc(N)cc2C(N)=O)CCCC1. The van der Waals surface area contributed by atoms with Crippen LogP contribution in [0.3, 0.4) is 0 Å². The molecule has 5 N–H and O–H groups in total. The third kappa shape index (κ3) is 2.75. The van der Waals surface area contributed by atoms with E-state index in [1.54, 1.807) is 12.1 Å². The van der Waals surface area contributed by atoms with Crippen molar-refractivity contribution in [2.75, 3.05) is 17.6 Å². The fraction of sp³-hybridized carbons (Fsp3) is 0.500. The molecule has 2 rings (SSSR count). The van der Waals surface area contributed by atoms with Crippen molar-refractivity contribution in [2.24, 2.45) is 11.1 Å². The fourth-order valence-corrected chi connectivity index (χ4v) is 2.63. The molecule has 1 saturated carbocycles. The molecule has 1 aromatic carbocycles. The molecule has 0 heterocycles. The topological polar surface area (TPSA) is 81.1 Å². The minimum Gasteiger partial charge on any atom is -0.399 e. The summed E-state index contributed by atoms with van der Waals surface area (Å²) in [5, 5.41) is 3.35. The zero-order chi connectivity index (χ0) is 13.2. The van der Waals surface area contributed by atoms with Crippen LogP contribution in [0.15, 0.2) is 18.2 Å². The van der Waals surface area contributed by atoms with Gasteiger partial charge in [-0.1, -0.05) is 19.8 Å². The summed E-state index contributed by atoms with van der Waals surface area (Å²) in [7, 11) is 0. The average molecular weight is 247 g/mol. The normalized spacial score (nSPS) is 17.6. The molecule has 0 saturated heterocycles. The van der Waals surface area contributed by atoms with Gasteiger partial charge in [0, 0.05) is 17.9 Å². The summed E-state index contributed by atoms with van der Waals surface area (Å²) in [6, 6.07) is 5.24. The van der Waals surface area contributed by atoms with Crippen molar-refractivity contribution in [3.8, 4) is 0 Å². The van der Waals surface area contributed by atoms with Crippen LogP contribution in [0.1, 0.15) is 43.0 Å². The molecule has 0 bridgehead atoms. The maximum absolute atomic E-state index is 11.4. The van der Waals surface area contributed by atoms with Gasteiger partial charge < -0.3 is 16.8 Å². The molecule has 98 valence electrons. The van der Waals surface area contributed by atoms with Gasteiger partial charge in [0.2, 0.25) is 0 Å². The highest BCUT2D eigenvalue weighted by atomic mass is 16.1. The van der Waals surface area contributed by atoms with Gasteiger partial charge in [0.15, 0.2) is 0 Å². The Kier molecular flexibility index (Phi) is 3.45. The Morgan fingerprint density at radius 3 is 2.67 bits per heavy atom. The van der Waals surface area contributed by atoms with Crippen LogP contribution in [-0.4, -0.2) is 12.5 Å². The van der Waals surface area contributed by atoms with Crippen LogP contribution in [-0.2, 0) is 0 Å². The third-order valence-electron chi connectivity index (χ3n) is 3.83. The molecule has 1 aromatic rings. The monoisotopic (exact) mass is 247 g/mol. The Labute approximate surface area is 108 Å². The second kappa shape index (κ2) is 4.88. The van der Waals surface area contributed by atoms with Crippen molar-refractivity contribution in [1.29, 1.82) is 0 Å². The van der Waals surface area contributed by atoms with Gasteiger partial charge in [-0.05, 0) is 36.5 Å². The van der Waals surface area contributed by atoms with E-state index in [1.807, 2.05) is 6.07 Å². The molecule has 0 atom stereocenters. The van der Waals surface area contributed by atoms with Crippen molar-refractivity contribution < 1.29 is 4.79 Å². The highest BCUT2D eigenvalue weighted by Gasteiger charge is 2.28. The predicted octanol–water partition coefficient (Wildman–Crippen LogP) is 2.36. The molecule has 0 spiro atoms. The Morgan fingerprint density at radius 1 is 1.39 bits per heavy atom. The summed E-state index contributed by atoms with van der Waals surface area (Å²) < 4.78 is 0. The number of carbonyl (C=O) groups excluding carboxylic acids is 1. The van der Waals surface area contributed by atoms with Crippen molar-refractivity contribution in [3.63, 3.8) is 0 Å². The minimum absolute atomic E-state index is 0.330. The fourth-order valence-electron chi connectivity index (χ4n) is 2.63. The summed E-state index contributed by atoms with van der Waals surface area (Å²) in [6.45, 7) is 3.16. The smallest absolute Gasteiger partial charge is 0.250 e. The van der Waals surface area contributed by atoms with Gasteiger partial charge in [-0.25, -0.2) is 0 Å². The molecule has 0 unspecified atom stereocenters. The number of nitrogens with one attached hydrogen (secondary N) is 1. The number of benzene rings is 1.